The Kier molecular flexibility index (Phi) is 3.11. The molecular weight excluding hydrogens is 204 g/mol. The molecule has 1 heterocycles. The topological polar surface area (TPSA) is 28.7 Å². The molecule has 2 rings (SSSR count). The summed E-state index contributed by atoms with van der Waals surface area (Å²) in [6.07, 6.45) is 5.78. The third kappa shape index (κ3) is 2.07. The number of aromatic amines is 1. The summed E-state index contributed by atoms with van der Waals surface area (Å²) in [6, 6.07) is 6.35. The number of nitrogens with one attached hydrogen (secondary N) is 1. The van der Waals surface area contributed by atoms with Gasteiger partial charge in [0.2, 0.25) is 0 Å². The molecule has 78 valence electrons. The average molecular weight is 218 g/mol. The van der Waals surface area contributed by atoms with Gasteiger partial charge in [-0.2, -0.15) is 11.8 Å². The Morgan fingerprint density at radius 2 is 2.27 bits per heavy atom. The van der Waals surface area contributed by atoms with Crippen LogP contribution in [0.4, 0.5) is 0 Å². The highest BCUT2D eigenvalue weighted by Crippen LogP contribution is 2.26. The molecule has 3 heteroatoms. The molecule has 0 saturated carbocycles. The normalized spacial score (nSPS) is 10.5. The van der Waals surface area contributed by atoms with Gasteiger partial charge in [-0.05, 0) is 24.3 Å². The number of aryl methyl sites for hydroxylation is 1. The maximum atomic E-state index is 4.31. The summed E-state index contributed by atoms with van der Waals surface area (Å²) in [5.41, 5.74) is 3.92. The summed E-state index contributed by atoms with van der Waals surface area (Å²) in [4.78, 5) is 7.46. The molecule has 1 aromatic carbocycles. The number of hydrogen-bond acceptors (Lipinski definition) is 2. The molecule has 0 atom stereocenters. The molecule has 0 unspecified atom stereocenters. The van der Waals surface area contributed by atoms with E-state index in [1.165, 1.54) is 16.7 Å². The van der Waals surface area contributed by atoms with Gasteiger partial charge < -0.3 is 4.98 Å². The standard InChI is InChI=1S/C12H14N2S/c1-9-4-3-5-10(11(9)8-15-2)12-13-6-7-14-12/h3-7H,8H2,1-2H3,(H,13,14). The zero-order valence-corrected chi connectivity index (χ0v) is 9.77. The van der Waals surface area contributed by atoms with Crippen LogP contribution in [0, 0.1) is 6.92 Å². The Bertz CT molecular complexity index is 435. The number of thioether (sulfide) groups is 1. The molecule has 0 aliphatic heterocycles. The van der Waals surface area contributed by atoms with Crippen molar-refractivity contribution in [1.82, 2.24) is 9.97 Å². The largest absolute Gasteiger partial charge is 0.345 e. The number of H-pyrrole nitrogens is 1. The second kappa shape index (κ2) is 4.53. The Morgan fingerprint density at radius 3 is 2.93 bits per heavy atom. The lowest BCUT2D eigenvalue weighted by Gasteiger charge is -2.09. The van der Waals surface area contributed by atoms with E-state index in [0.29, 0.717) is 0 Å². The van der Waals surface area contributed by atoms with Crippen LogP contribution in [-0.4, -0.2) is 16.2 Å². The number of aromatic nitrogens is 2. The first-order valence-electron chi connectivity index (χ1n) is 4.90. The predicted octanol–water partition coefficient (Wildman–Crippen LogP) is 3.25. The van der Waals surface area contributed by atoms with Gasteiger partial charge in [0.1, 0.15) is 5.82 Å². The summed E-state index contributed by atoms with van der Waals surface area (Å²) < 4.78 is 0. The Balaban J connectivity index is 2.51. The van der Waals surface area contributed by atoms with Gasteiger partial charge in [-0.25, -0.2) is 4.98 Å². The molecule has 0 aliphatic rings. The molecule has 0 bridgehead atoms. The van der Waals surface area contributed by atoms with Crippen molar-refractivity contribution in [2.75, 3.05) is 6.26 Å². The van der Waals surface area contributed by atoms with Crippen LogP contribution in [-0.2, 0) is 5.75 Å². The highest BCUT2D eigenvalue weighted by molar-refractivity contribution is 7.97. The van der Waals surface area contributed by atoms with E-state index in [1.807, 2.05) is 18.0 Å². The second-order valence-corrected chi connectivity index (χ2v) is 4.34. The van der Waals surface area contributed by atoms with Gasteiger partial charge in [-0.1, -0.05) is 18.2 Å². The van der Waals surface area contributed by atoms with E-state index in [0.717, 1.165) is 11.6 Å². The van der Waals surface area contributed by atoms with E-state index in [-0.39, 0.29) is 0 Å². The van der Waals surface area contributed by atoms with E-state index >= 15 is 0 Å². The molecule has 0 fully saturated rings. The van der Waals surface area contributed by atoms with Gasteiger partial charge in [0.25, 0.3) is 0 Å². The maximum absolute atomic E-state index is 4.31. The van der Waals surface area contributed by atoms with Crippen molar-refractivity contribution in [3.63, 3.8) is 0 Å². The van der Waals surface area contributed by atoms with Gasteiger partial charge in [-0.3, -0.25) is 0 Å². The summed E-state index contributed by atoms with van der Waals surface area (Å²) in [7, 11) is 0. The minimum Gasteiger partial charge on any atom is -0.345 e. The lowest BCUT2D eigenvalue weighted by Crippen LogP contribution is -1.92. The first-order valence-corrected chi connectivity index (χ1v) is 6.29. The van der Waals surface area contributed by atoms with Crippen molar-refractivity contribution < 1.29 is 0 Å². The number of hydrogen-bond donors (Lipinski definition) is 1. The number of imidazole rings is 1. The van der Waals surface area contributed by atoms with Crippen molar-refractivity contribution >= 4 is 11.8 Å². The van der Waals surface area contributed by atoms with Crippen LogP contribution >= 0.6 is 11.8 Å². The number of benzene rings is 1. The fourth-order valence-corrected chi connectivity index (χ4v) is 2.34. The highest BCUT2D eigenvalue weighted by atomic mass is 32.2. The number of rotatable bonds is 3. The molecular formula is C12H14N2S. The third-order valence-corrected chi connectivity index (χ3v) is 3.03. The van der Waals surface area contributed by atoms with Gasteiger partial charge in [0.05, 0.1) is 0 Å². The van der Waals surface area contributed by atoms with Crippen LogP contribution < -0.4 is 0 Å². The van der Waals surface area contributed by atoms with Crippen molar-refractivity contribution in [1.29, 1.82) is 0 Å². The van der Waals surface area contributed by atoms with E-state index in [9.17, 15) is 0 Å². The van der Waals surface area contributed by atoms with Crippen LogP contribution in [0.25, 0.3) is 11.4 Å². The van der Waals surface area contributed by atoms with Crippen molar-refractivity contribution in [3.8, 4) is 11.4 Å². The highest BCUT2D eigenvalue weighted by Gasteiger charge is 2.08. The second-order valence-electron chi connectivity index (χ2n) is 3.47. The minimum atomic E-state index is 0.961. The van der Waals surface area contributed by atoms with Crippen molar-refractivity contribution in [2.45, 2.75) is 12.7 Å². The molecule has 0 spiro atoms. The Labute approximate surface area is 94.1 Å². The zero-order valence-electron chi connectivity index (χ0n) is 8.95. The van der Waals surface area contributed by atoms with E-state index < -0.39 is 0 Å². The molecule has 0 amide bonds. The van der Waals surface area contributed by atoms with Crippen LogP contribution in [0.5, 0.6) is 0 Å². The molecule has 1 N–H and O–H groups in total. The lowest BCUT2D eigenvalue weighted by molar-refractivity contribution is 1.24. The SMILES string of the molecule is CSCc1c(C)cccc1-c1ncc[nH]1. The predicted molar refractivity (Wildman–Crippen MR) is 66.0 cm³/mol. The molecule has 15 heavy (non-hydrogen) atoms. The van der Waals surface area contributed by atoms with Crippen molar-refractivity contribution in [3.05, 3.63) is 41.7 Å². The fourth-order valence-electron chi connectivity index (χ4n) is 1.67. The van der Waals surface area contributed by atoms with Crippen LogP contribution in [0.15, 0.2) is 30.6 Å². The van der Waals surface area contributed by atoms with Crippen LogP contribution in [0.2, 0.25) is 0 Å². The molecule has 2 nitrogen and oxygen atoms in total. The van der Waals surface area contributed by atoms with Gasteiger partial charge in [0, 0.05) is 23.7 Å². The molecule has 0 aliphatic carbocycles. The van der Waals surface area contributed by atoms with Gasteiger partial charge in [-0.15, -0.1) is 0 Å². The number of nitrogens with zero attached hydrogens (tertiary/aromatic N) is 1. The van der Waals surface area contributed by atoms with Crippen LogP contribution in [0.3, 0.4) is 0 Å². The van der Waals surface area contributed by atoms with E-state index in [4.69, 9.17) is 0 Å². The quantitative estimate of drug-likeness (QED) is 0.856. The van der Waals surface area contributed by atoms with Crippen LogP contribution in [0.1, 0.15) is 11.1 Å². The first kappa shape index (κ1) is 10.3. The molecule has 1 aromatic heterocycles. The third-order valence-electron chi connectivity index (χ3n) is 2.45. The average Bonchev–Trinajstić information content (AvgIpc) is 2.74. The molecule has 0 saturated heterocycles. The molecule has 2 aromatic rings. The van der Waals surface area contributed by atoms with Gasteiger partial charge in [0.15, 0.2) is 0 Å². The monoisotopic (exact) mass is 218 g/mol. The molecule has 0 radical (unpaired) electrons. The summed E-state index contributed by atoms with van der Waals surface area (Å²) in [5.74, 6) is 1.99. The summed E-state index contributed by atoms with van der Waals surface area (Å²) >= 11 is 1.84. The summed E-state index contributed by atoms with van der Waals surface area (Å²) in [5, 5.41) is 0. The lowest BCUT2D eigenvalue weighted by atomic mass is 10.0. The Hall–Kier alpha value is -1.22. The first-order chi connectivity index (χ1) is 7.33. The summed E-state index contributed by atoms with van der Waals surface area (Å²) in [6.45, 7) is 2.15. The Morgan fingerprint density at radius 1 is 1.40 bits per heavy atom. The minimum absolute atomic E-state index is 0.961. The van der Waals surface area contributed by atoms with Gasteiger partial charge >= 0.3 is 0 Å². The zero-order chi connectivity index (χ0) is 10.7. The van der Waals surface area contributed by atoms with Crippen molar-refractivity contribution in [2.24, 2.45) is 0 Å². The fraction of sp³-hybridized carbons (Fsp3) is 0.250. The van der Waals surface area contributed by atoms with E-state index in [1.54, 1.807) is 6.20 Å². The smallest absolute Gasteiger partial charge is 0.137 e. The van der Waals surface area contributed by atoms with E-state index in [2.05, 4.69) is 41.3 Å². The maximum Gasteiger partial charge on any atom is 0.137 e.